The van der Waals surface area contributed by atoms with Crippen LogP contribution < -0.4 is 11.1 Å². The van der Waals surface area contributed by atoms with Crippen LogP contribution in [-0.2, 0) is 0 Å². The van der Waals surface area contributed by atoms with Gasteiger partial charge in [-0.05, 0) is 13.0 Å². The largest absolute Gasteiger partial charge is 0.391 e. The number of hydrogen-bond donors (Lipinski definition) is 3. The third-order valence-corrected chi connectivity index (χ3v) is 3.36. The minimum atomic E-state index is -0.347. The topological polar surface area (TPSA) is 71.2 Å². The van der Waals surface area contributed by atoms with E-state index in [0.717, 1.165) is 18.7 Å². The molecule has 1 saturated heterocycles. The average Bonchev–Trinajstić information content (AvgIpc) is 2.70. The van der Waals surface area contributed by atoms with Crippen LogP contribution in [0.2, 0.25) is 0 Å². The lowest BCUT2D eigenvalue weighted by molar-refractivity contribution is 0.0667. The number of thiazole rings is 1. The zero-order valence-corrected chi connectivity index (χ0v) is 8.70. The van der Waals surface area contributed by atoms with Crippen molar-refractivity contribution in [3.05, 3.63) is 16.6 Å². The number of rotatable bonds is 2. The molecule has 0 aliphatic carbocycles. The van der Waals surface area contributed by atoms with E-state index in [2.05, 4.69) is 10.3 Å². The van der Waals surface area contributed by atoms with Gasteiger partial charge in [0.15, 0.2) is 0 Å². The Kier molecular flexibility index (Phi) is 3.12. The predicted octanol–water partition coefficient (Wildman–Crippen LogP) is 0.113. The summed E-state index contributed by atoms with van der Waals surface area (Å²) in [5.41, 5.74) is 8.75. The first kappa shape index (κ1) is 10.0. The first-order valence-electron chi connectivity index (χ1n) is 4.81. The highest BCUT2D eigenvalue weighted by Crippen LogP contribution is 2.26. The van der Waals surface area contributed by atoms with Crippen molar-refractivity contribution in [2.75, 3.05) is 13.1 Å². The summed E-state index contributed by atoms with van der Waals surface area (Å²) in [6, 6.07) is -0.127. The van der Waals surface area contributed by atoms with Crippen LogP contribution in [0.15, 0.2) is 10.9 Å². The molecule has 14 heavy (non-hydrogen) atoms. The molecule has 1 fully saturated rings. The quantitative estimate of drug-likeness (QED) is 0.652. The number of nitrogens with two attached hydrogens (primary N) is 1. The van der Waals surface area contributed by atoms with Crippen LogP contribution in [0.3, 0.4) is 0 Å². The number of aliphatic hydroxyl groups is 1. The summed E-state index contributed by atoms with van der Waals surface area (Å²) in [7, 11) is 0. The molecule has 2 rings (SSSR count). The standard InChI is InChI=1S/C9H15N3OS/c10-9(7-4-14-5-12-7)6-1-2-11-3-8(6)13/h4-6,8-9,11,13H,1-3,10H2/t6-,8+,9?/m1/s1. The number of nitrogens with one attached hydrogen (secondary N) is 1. The molecule has 1 aliphatic rings. The van der Waals surface area contributed by atoms with Gasteiger partial charge in [-0.25, -0.2) is 4.98 Å². The highest BCUT2D eigenvalue weighted by Gasteiger charge is 2.29. The fourth-order valence-electron chi connectivity index (χ4n) is 1.89. The molecule has 2 heterocycles. The first-order valence-corrected chi connectivity index (χ1v) is 5.76. The molecule has 5 heteroatoms. The van der Waals surface area contributed by atoms with Crippen molar-refractivity contribution in [3.8, 4) is 0 Å². The Labute approximate surface area is 87.2 Å². The van der Waals surface area contributed by atoms with E-state index in [1.54, 1.807) is 16.8 Å². The molecule has 1 aromatic heterocycles. The smallest absolute Gasteiger partial charge is 0.0795 e. The molecule has 1 aliphatic heterocycles. The predicted molar refractivity (Wildman–Crippen MR) is 56.0 cm³/mol. The average molecular weight is 213 g/mol. The number of aliphatic hydroxyl groups excluding tert-OH is 1. The summed E-state index contributed by atoms with van der Waals surface area (Å²) in [6.07, 6.45) is 0.570. The Bertz CT molecular complexity index is 278. The summed E-state index contributed by atoms with van der Waals surface area (Å²) in [6.45, 7) is 1.57. The van der Waals surface area contributed by atoms with Crippen molar-refractivity contribution >= 4 is 11.3 Å². The second kappa shape index (κ2) is 4.35. The highest BCUT2D eigenvalue weighted by molar-refractivity contribution is 7.07. The second-order valence-corrected chi connectivity index (χ2v) is 4.38. The molecule has 0 bridgehead atoms. The van der Waals surface area contributed by atoms with E-state index in [1.165, 1.54) is 0 Å². The van der Waals surface area contributed by atoms with E-state index in [4.69, 9.17) is 5.73 Å². The van der Waals surface area contributed by atoms with Crippen molar-refractivity contribution < 1.29 is 5.11 Å². The summed E-state index contributed by atoms with van der Waals surface area (Å²) in [5, 5.41) is 14.9. The first-order chi connectivity index (χ1) is 6.79. The van der Waals surface area contributed by atoms with Gasteiger partial charge in [-0.1, -0.05) is 0 Å². The van der Waals surface area contributed by atoms with Gasteiger partial charge in [0.25, 0.3) is 0 Å². The molecule has 0 spiro atoms. The zero-order valence-electron chi connectivity index (χ0n) is 7.89. The molecular weight excluding hydrogens is 198 g/mol. The van der Waals surface area contributed by atoms with Crippen molar-refractivity contribution in [2.24, 2.45) is 11.7 Å². The lowest BCUT2D eigenvalue weighted by Gasteiger charge is -2.31. The van der Waals surface area contributed by atoms with Gasteiger partial charge in [0.1, 0.15) is 0 Å². The molecular formula is C9H15N3OS. The van der Waals surface area contributed by atoms with E-state index >= 15 is 0 Å². The number of aromatic nitrogens is 1. The molecule has 1 aromatic rings. The highest BCUT2D eigenvalue weighted by atomic mass is 32.1. The maximum atomic E-state index is 9.77. The Morgan fingerprint density at radius 3 is 3.21 bits per heavy atom. The Morgan fingerprint density at radius 1 is 1.71 bits per heavy atom. The van der Waals surface area contributed by atoms with Crippen molar-refractivity contribution in [1.29, 1.82) is 0 Å². The molecule has 0 amide bonds. The lowest BCUT2D eigenvalue weighted by Crippen LogP contribution is -2.44. The molecule has 78 valence electrons. The van der Waals surface area contributed by atoms with Crippen molar-refractivity contribution in [2.45, 2.75) is 18.6 Å². The molecule has 0 saturated carbocycles. The van der Waals surface area contributed by atoms with Crippen LogP contribution in [0.5, 0.6) is 0 Å². The molecule has 4 N–H and O–H groups in total. The zero-order chi connectivity index (χ0) is 9.97. The third-order valence-electron chi connectivity index (χ3n) is 2.76. The maximum absolute atomic E-state index is 9.77. The van der Waals surface area contributed by atoms with Gasteiger partial charge < -0.3 is 16.2 Å². The van der Waals surface area contributed by atoms with Gasteiger partial charge in [0, 0.05) is 17.8 Å². The second-order valence-electron chi connectivity index (χ2n) is 3.66. The summed E-state index contributed by atoms with van der Waals surface area (Å²) in [4.78, 5) is 4.19. The van der Waals surface area contributed by atoms with E-state index in [1.807, 2.05) is 5.38 Å². The fourth-order valence-corrected chi connectivity index (χ4v) is 2.49. The summed E-state index contributed by atoms with van der Waals surface area (Å²) < 4.78 is 0. The van der Waals surface area contributed by atoms with E-state index in [-0.39, 0.29) is 18.1 Å². The molecule has 4 nitrogen and oxygen atoms in total. The van der Waals surface area contributed by atoms with Crippen LogP contribution in [0, 0.1) is 5.92 Å². The van der Waals surface area contributed by atoms with Gasteiger partial charge in [0.2, 0.25) is 0 Å². The van der Waals surface area contributed by atoms with Crippen LogP contribution >= 0.6 is 11.3 Å². The normalized spacial score (nSPS) is 30.1. The van der Waals surface area contributed by atoms with E-state index in [9.17, 15) is 5.11 Å². The van der Waals surface area contributed by atoms with Gasteiger partial charge >= 0.3 is 0 Å². The number of hydrogen-bond acceptors (Lipinski definition) is 5. The minimum Gasteiger partial charge on any atom is -0.391 e. The molecule has 0 radical (unpaired) electrons. The summed E-state index contributed by atoms with van der Waals surface area (Å²) in [5.74, 6) is 0.137. The van der Waals surface area contributed by atoms with Crippen LogP contribution in [0.4, 0.5) is 0 Å². The maximum Gasteiger partial charge on any atom is 0.0795 e. The minimum absolute atomic E-state index is 0.127. The van der Waals surface area contributed by atoms with Crippen LogP contribution in [0.1, 0.15) is 18.2 Å². The monoisotopic (exact) mass is 213 g/mol. The SMILES string of the molecule is NC(c1cscn1)[C@@H]1CCNC[C@@H]1O. The molecule has 0 aromatic carbocycles. The summed E-state index contributed by atoms with van der Waals surface area (Å²) >= 11 is 1.54. The third kappa shape index (κ3) is 1.95. The Hall–Kier alpha value is -0.490. The van der Waals surface area contributed by atoms with Crippen LogP contribution in [-0.4, -0.2) is 29.3 Å². The molecule has 3 atom stereocenters. The van der Waals surface area contributed by atoms with E-state index in [0.29, 0.717) is 6.54 Å². The van der Waals surface area contributed by atoms with Crippen LogP contribution in [0.25, 0.3) is 0 Å². The Balaban J connectivity index is 2.06. The van der Waals surface area contributed by atoms with E-state index < -0.39 is 0 Å². The fraction of sp³-hybridized carbons (Fsp3) is 0.667. The Morgan fingerprint density at radius 2 is 2.57 bits per heavy atom. The lowest BCUT2D eigenvalue weighted by atomic mass is 9.87. The van der Waals surface area contributed by atoms with Crippen molar-refractivity contribution in [3.63, 3.8) is 0 Å². The molecule has 1 unspecified atom stereocenters. The van der Waals surface area contributed by atoms with Gasteiger partial charge in [0.05, 0.1) is 23.4 Å². The number of piperidine rings is 1. The number of β-amino-alcohol motifs (C(OH)–C–C–N with tert-alkyl or cyclic N) is 1. The van der Waals surface area contributed by atoms with Crippen molar-refractivity contribution in [1.82, 2.24) is 10.3 Å². The van der Waals surface area contributed by atoms with Gasteiger partial charge in [-0.2, -0.15) is 0 Å². The number of nitrogens with zero attached hydrogens (tertiary/aromatic N) is 1. The van der Waals surface area contributed by atoms with Gasteiger partial charge in [-0.15, -0.1) is 11.3 Å². The van der Waals surface area contributed by atoms with Gasteiger partial charge in [-0.3, -0.25) is 0 Å².